The van der Waals surface area contributed by atoms with Gasteiger partial charge < -0.3 is 25.6 Å². The average Bonchev–Trinajstić information content (AvgIpc) is 4.02. The standard InChI is InChI=1S/C21H15F4N3O3.C20H15F3N2O2/c22-17-5-4-14(31-21(23,24)25)8-15(17)19-26-9-13(10-27-19)28-18-6-3-12(11-1-2-11)7-16(18)20(29)30;1-12-6-8-18(15(10-12)19(26)27)25-13-7-9-17(24-11-13)14-4-2-3-5-16(14)20(21,22)23/h3-11,28H,1-2H2,(H,29,30);2-11,25H,1H3,(H,26,27). The lowest BCUT2D eigenvalue weighted by atomic mass is 10.0. The Morgan fingerprint density at radius 1 is 0.707 bits per heavy atom. The van der Waals surface area contributed by atoms with Gasteiger partial charge in [0.25, 0.3) is 0 Å². The summed E-state index contributed by atoms with van der Waals surface area (Å²) in [4.78, 5) is 35.0. The summed E-state index contributed by atoms with van der Waals surface area (Å²) in [7, 11) is 0. The van der Waals surface area contributed by atoms with Crippen molar-refractivity contribution >= 4 is 34.7 Å². The molecule has 0 unspecified atom stereocenters. The Balaban J connectivity index is 0.000000198. The van der Waals surface area contributed by atoms with E-state index in [1.807, 2.05) is 6.07 Å². The van der Waals surface area contributed by atoms with Gasteiger partial charge in [0.05, 0.1) is 69.3 Å². The molecule has 1 aliphatic rings. The molecule has 0 amide bonds. The molecular formula is C41H30F7N5O5. The Morgan fingerprint density at radius 2 is 1.33 bits per heavy atom. The third kappa shape index (κ3) is 10.2. The van der Waals surface area contributed by atoms with E-state index in [2.05, 4.69) is 30.3 Å². The van der Waals surface area contributed by atoms with Crippen LogP contribution in [-0.2, 0) is 6.18 Å². The van der Waals surface area contributed by atoms with Gasteiger partial charge in [-0.25, -0.2) is 23.9 Å². The largest absolute Gasteiger partial charge is 0.573 e. The number of ether oxygens (including phenoxy) is 1. The van der Waals surface area contributed by atoms with E-state index in [4.69, 9.17) is 0 Å². The summed E-state index contributed by atoms with van der Waals surface area (Å²) >= 11 is 0. The van der Waals surface area contributed by atoms with Crippen LogP contribution in [0.2, 0.25) is 0 Å². The Kier molecular flexibility index (Phi) is 11.6. The van der Waals surface area contributed by atoms with Gasteiger partial charge in [0.15, 0.2) is 5.82 Å². The summed E-state index contributed by atoms with van der Waals surface area (Å²) in [5.41, 5.74) is 2.59. The van der Waals surface area contributed by atoms with E-state index in [-0.39, 0.29) is 33.8 Å². The number of hydrogen-bond donors (Lipinski definition) is 4. The first-order valence-electron chi connectivity index (χ1n) is 17.2. The summed E-state index contributed by atoms with van der Waals surface area (Å²) in [6, 6.07) is 20.8. The van der Waals surface area contributed by atoms with Crippen LogP contribution in [0.3, 0.4) is 0 Å². The Hall–Kier alpha value is -7.04. The third-order valence-electron chi connectivity index (χ3n) is 8.62. The van der Waals surface area contributed by atoms with Crippen LogP contribution < -0.4 is 15.4 Å². The zero-order chi connectivity index (χ0) is 41.8. The van der Waals surface area contributed by atoms with E-state index >= 15 is 0 Å². The van der Waals surface area contributed by atoms with Crippen LogP contribution >= 0.6 is 0 Å². The van der Waals surface area contributed by atoms with Crippen LogP contribution in [0.5, 0.6) is 5.75 Å². The Morgan fingerprint density at radius 3 is 1.93 bits per heavy atom. The lowest BCUT2D eigenvalue weighted by Gasteiger charge is -2.13. The number of aryl methyl sites for hydroxylation is 1. The summed E-state index contributed by atoms with van der Waals surface area (Å²) in [6.45, 7) is 1.78. The van der Waals surface area contributed by atoms with Gasteiger partial charge in [0.1, 0.15) is 11.6 Å². The minimum absolute atomic E-state index is 0.0156. The van der Waals surface area contributed by atoms with Crippen molar-refractivity contribution in [3.63, 3.8) is 0 Å². The monoisotopic (exact) mass is 805 g/mol. The number of carboxylic acids is 2. The summed E-state index contributed by atoms with van der Waals surface area (Å²) in [5, 5.41) is 24.6. The summed E-state index contributed by atoms with van der Waals surface area (Å²) in [6.07, 6.45) is -3.40. The fourth-order valence-electron chi connectivity index (χ4n) is 5.76. The summed E-state index contributed by atoms with van der Waals surface area (Å²) < 4.78 is 94.6. The highest BCUT2D eigenvalue weighted by molar-refractivity contribution is 5.96. The molecule has 10 nitrogen and oxygen atoms in total. The molecule has 0 atom stereocenters. The van der Waals surface area contributed by atoms with Crippen LogP contribution in [0, 0.1) is 12.7 Å². The summed E-state index contributed by atoms with van der Waals surface area (Å²) in [5.74, 6) is -3.36. The number of rotatable bonds is 10. The normalized spacial score (nSPS) is 12.6. The number of nitrogens with one attached hydrogen (secondary N) is 2. The molecule has 0 spiro atoms. The van der Waals surface area contributed by atoms with Gasteiger partial charge in [-0.15, -0.1) is 13.2 Å². The van der Waals surface area contributed by atoms with E-state index in [1.54, 1.807) is 37.3 Å². The number of carbonyl (C=O) groups is 2. The number of aromatic nitrogens is 3. The van der Waals surface area contributed by atoms with Gasteiger partial charge in [-0.3, -0.25) is 4.98 Å². The number of alkyl halides is 6. The number of benzene rings is 4. The molecule has 0 aliphatic heterocycles. The highest BCUT2D eigenvalue weighted by Gasteiger charge is 2.34. The zero-order valence-electron chi connectivity index (χ0n) is 30.0. The fourth-order valence-corrected chi connectivity index (χ4v) is 5.76. The van der Waals surface area contributed by atoms with E-state index in [0.717, 1.165) is 48.2 Å². The number of anilines is 4. The van der Waals surface area contributed by atoms with E-state index in [1.165, 1.54) is 48.9 Å². The number of pyridine rings is 1. The number of aromatic carboxylic acids is 2. The second-order valence-electron chi connectivity index (χ2n) is 12.9. The Bertz CT molecular complexity index is 2460. The first-order valence-corrected chi connectivity index (χ1v) is 17.2. The molecule has 1 aliphatic carbocycles. The quantitative estimate of drug-likeness (QED) is 0.0987. The minimum Gasteiger partial charge on any atom is -0.478 e. The van der Waals surface area contributed by atoms with Crippen molar-refractivity contribution in [1.82, 2.24) is 15.0 Å². The van der Waals surface area contributed by atoms with Crippen molar-refractivity contribution in [3.05, 3.63) is 143 Å². The van der Waals surface area contributed by atoms with Gasteiger partial charge in [-0.05, 0) is 91.9 Å². The van der Waals surface area contributed by atoms with Gasteiger partial charge >= 0.3 is 24.5 Å². The molecule has 2 aromatic heterocycles. The van der Waals surface area contributed by atoms with Crippen molar-refractivity contribution < 1.29 is 55.3 Å². The molecule has 4 N–H and O–H groups in total. The number of hydrogen-bond acceptors (Lipinski definition) is 8. The molecule has 6 aromatic rings. The number of nitrogens with zero attached hydrogens (tertiary/aromatic N) is 3. The fraction of sp³-hybridized carbons (Fsp3) is 0.146. The van der Waals surface area contributed by atoms with Gasteiger partial charge in [-0.2, -0.15) is 13.2 Å². The zero-order valence-corrected chi connectivity index (χ0v) is 30.0. The topological polar surface area (TPSA) is 147 Å². The van der Waals surface area contributed by atoms with Gasteiger partial charge in [0, 0.05) is 5.56 Å². The van der Waals surface area contributed by atoms with E-state index in [0.29, 0.717) is 28.7 Å². The second-order valence-corrected chi connectivity index (χ2v) is 12.9. The molecule has 17 heteroatoms. The smallest absolute Gasteiger partial charge is 0.478 e. The molecular weight excluding hydrogens is 775 g/mol. The number of carboxylic acid groups (broad SMARTS) is 2. The van der Waals surface area contributed by atoms with Gasteiger partial charge in [0.2, 0.25) is 0 Å². The van der Waals surface area contributed by atoms with Crippen LogP contribution in [0.1, 0.15) is 56.2 Å². The predicted molar refractivity (Wildman–Crippen MR) is 199 cm³/mol. The molecule has 0 saturated heterocycles. The first-order chi connectivity index (χ1) is 27.4. The molecule has 1 saturated carbocycles. The van der Waals surface area contributed by atoms with Crippen LogP contribution in [0.15, 0.2) is 110 Å². The van der Waals surface area contributed by atoms with Crippen LogP contribution in [-0.4, -0.2) is 43.5 Å². The van der Waals surface area contributed by atoms with E-state index in [9.17, 15) is 50.5 Å². The molecule has 4 aromatic carbocycles. The molecule has 298 valence electrons. The van der Waals surface area contributed by atoms with Crippen molar-refractivity contribution in [2.75, 3.05) is 10.6 Å². The molecule has 7 rings (SSSR count). The van der Waals surface area contributed by atoms with Crippen LogP contribution in [0.4, 0.5) is 53.5 Å². The first kappa shape index (κ1) is 40.6. The molecule has 58 heavy (non-hydrogen) atoms. The molecule has 2 heterocycles. The Labute approximate surface area is 325 Å². The minimum atomic E-state index is -4.92. The van der Waals surface area contributed by atoms with Crippen LogP contribution in [0.25, 0.3) is 22.6 Å². The lowest BCUT2D eigenvalue weighted by molar-refractivity contribution is -0.274. The molecule has 0 bridgehead atoms. The third-order valence-corrected chi connectivity index (χ3v) is 8.62. The number of halogens is 7. The molecule has 1 fully saturated rings. The average molecular weight is 806 g/mol. The maximum atomic E-state index is 14.1. The van der Waals surface area contributed by atoms with Crippen molar-refractivity contribution in [3.8, 4) is 28.4 Å². The van der Waals surface area contributed by atoms with Crippen molar-refractivity contribution in [1.29, 1.82) is 0 Å². The second kappa shape index (κ2) is 16.6. The molecule has 0 radical (unpaired) electrons. The van der Waals surface area contributed by atoms with Crippen molar-refractivity contribution in [2.24, 2.45) is 0 Å². The van der Waals surface area contributed by atoms with Gasteiger partial charge in [-0.1, -0.05) is 35.9 Å². The van der Waals surface area contributed by atoms with E-state index < -0.39 is 41.6 Å². The highest BCUT2D eigenvalue weighted by Crippen LogP contribution is 2.41. The SMILES string of the molecule is Cc1ccc(Nc2ccc(-c3ccccc3C(F)(F)F)nc2)c(C(=O)O)c1.O=C(O)c1cc(C2CC2)ccc1Nc1cnc(-c2cc(OC(F)(F)F)ccc2F)nc1. The highest BCUT2D eigenvalue weighted by atomic mass is 19.4. The predicted octanol–water partition coefficient (Wildman–Crippen LogP) is 11.0. The lowest BCUT2D eigenvalue weighted by Crippen LogP contribution is -2.17. The van der Waals surface area contributed by atoms with Crippen molar-refractivity contribution in [2.45, 2.75) is 38.2 Å². The maximum Gasteiger partial charge on any atom is 0.573 e. The maximum absolute atomic E-state index is 14.1.